The quantitative estimate of drug-likeness (QED) is 0.448. The molecule has 0 aromatic carbocycles. The molecule has 0 saturated heterocycles. The summed E-state index contributed by atoms with van der Waals surface area (Å²) in [6.45, 7) is 5.52. The van der Waals surface area contributed by atoms with Gasteiger partial charge in [-0.25, -0.2) is 0 Å². The third-order valence-corrected chi connectivity index (χ3v) is 3.41. The number of nitrogens with two attached hydrogens (primary N) is 1. The van der Waals surface area contributed by atoms with Crippen LogP contribution in [-0.2, 0) is 9.53 Å². The fourth-order valence-corrected chi connectivity index (χ4v) is 2.15. The maximum absolute atomic E-state index is 11.4. The summed E-state index contributed by atoms with van der Waals surface area (Å²) in [7, 11) is 0. The SMILES string of the molecule is CSCSC[C@H](N)C(=O)OC(C)(C)C. The molecule has 0 unspecified atom stereocenters. The molecule has 1 atom stereocenters. The minimum absolute atomic E-state index is 0.314. The Morgan fingerprint density at radius 1 is 1.50 bits per heavy atom. The second kappa shape index (κ2) is 6.58. The number of hydrogen-bond acceptors (Lipinski definition) is 5. The van der Waals surface area contributed by atoms with E-state index in [2.05, 4.69) is 0 Å². The van der Waals surface area contributed by atoms with Crippen LogP contribution in [-0.4, -0.2) is 34.7 Å². The molecule has 0 heterocycles. The number of carbonyl (C=O) groups excluding carboxylic acids is 1. The van der Waals surface area contributed by atoms with E-state index in [1.807, 2.05) is 27.0 Å². The van der Waals surface area contributed by atoms with Crippen molar-refractivity contribution in [1.82, 2.24) is 0 Å². The molecule has 0 aliphatic carbocycles. The fraction of sp³-hybridized carbons (Fsp3) is 0.889. The van der Waals surface area contributed by atoms with Crippen LogP contribution in [0.1, 0.15) is 20.8 Å². The van der Waals surface area contributed by atoms with Gasteiger partial charge in [0.25, 0.3) is 0 Å². The Labute approximate surface area is 94.5 Å². The standard InChI is InChI=1S/C9H19NO2S2/c1-9(2,3)12-8(11)7(10)5-14-6-13-4/h7H,5-6,10H2,1-4H3/t7-/m0/s1. The van der Waals surface area contributed by atoms with E-state index in [9.17, 15) is 4.79 Å². The molecule has 14 heavy (non-hydrogen) atoms. The summed E-state index contributed by atoms with van der Waals surface area (Å²) < 4.78 is 5.15. The molecular weight excluding hydrogens is 218 g/mol. The number of hydrogen-bond donors (Lipinski definition) is 1. The fourth-order valence-electron chi connectivity index (χ4n) is 0.704. The molecule has 0 aromatic rings. The van der Waals surface area contributed by atoms with Crippen LogP contribution < -0.4 is 5.73 Å². The number of carbonyl (C=O) groups is 1. The maximum Gasteiger partial charge on any atom is 0.324 e. The Hall–Kier alpha value is 0.130. The molecule has 3 nitrogen and oxygen atoms in total. The zero-order valence-corrected chi connectivity index (χ0v) is 10.8. The van der Waals surface area contributed by atoms with Gasteiger partial charge in [-0.2, -0.15) is 11.8 Å². The summed E-state index contributed by atoms with van der Waals surface area (Å²) in [5.74, 6) is 0.307. The highest BCUT2D eigenvalue weighted by atomic mass is 32.2. The first-order valence-corrected chi connectivity index (χ1v) is 6.97. The van der Waals surface area contributed by atoms with E-state index >= 15 is 0 Å². The van der Waals surface area contributed by atoms with Crippen molar-refractivity contribution in [2.75, 3.05) is 17.1 Å². The summed E-state index contributed by atoms with van der Waals surface area (Å²) >= 11 is 3.38. The summed E-state index contributed by atoms with van der Waals surface area (Å²) in [4.78, 5) is 11.4. The van der Waals surface area contributed by atoms with E-state index < -0.39 is 11.6 Å². The molecule has 0 aromatic heterocycles. The number of thioether (sulfide) groups is 2. The Balaban J connectivity index is 3.77. The van der Waals surface area contributed by atoms with Gasteiger partial charge in [-0.3, -0.25) is 4.79 Å². The van der Waals surface area contributed by atoms with Crippen LogP contribution in [0.3, 0.4) is 0 Å². The average Bonchev–Trinajstić information content (AvgIpc) is 2.01. The average molecular weight is 237 g/mol. The molecule has 2 N–H and O–H groups in total. The van der Waals surface area contributed by atoms with Gasteiger partial charge in [0, 0.05) is 10.8 Å². The summed E-state index contributed by atoms with van der Waals surface area (Å²) in [5, 5.41) is 0.955. The van der Waals surface area contributed by atoms with Gasteiger partial charge in [-0.15, -0.1) is 11.8 Å². The van der Waals surface area contributed by atoms with Crippen molar-refractivity contribution in [3.8, 4) is 0 Å². The van der Waals surface area contributed by atoms with Gasteiger partial charge in [-0.1, -0.05) is 0 Å². The minimum atomic E-state index is -0.508. The normalized spacial score (nSPS) is 13.8. The second-order valence-electron chi connectivity index (χ2n) is 3.92. The zero-order valence-electron chi connectivity index (χ0n) is 9.20. The summed E-state index contributed by atoms with van der Waals surface area (Å²) in [5.41, 5.74) is 5.21. The third-order valence-electron chi connectivity index (χ3n) is 1.21. The van der Waals surface area contributed by atoms with Crippen molar-refractivity contribution in [3.05, 3.63) is 0 Å². The van der Waals surface area contributed by atoms with Gasteiger partial charge >= 0.3 is 5.97 Å². The Kier molecular flexibility index (Phi) is 6.64. The van der Waals surface area contributed by atoms with Crippen LogP contribution in [0, 0.1) is 0 Å². The van der Waals surface area contributed by atoms with Gasteiger partial charge in [0.2, 0.25) is 0 Å². The van der Waals surface area contributed by atoms with Crippen LogP contribution in [0.4, 0.5) is 0 Å². The Morgan fingerprint density at radius 2 is 2.07 bits per heavy atom. The predicted octanol–water partition coefficient (Wildman–Crippen LogP) is 1.71. The highest BCUT2D eigenvalue weighted by Gasteiger charge is 2.21. The van der Waals surface area contributed by atoms with Crippen LogP contribution in [0.5, 0.6) is 0 Å². The van der Waals surface area contributed by atoms with Crippen molar-refractivity contribution >= 4 is 29.5 Å². The van der Waals surface area contributed by atoms with Crippen molar-refractivity contribution in [2.45, 2.75) is 32.4 Å². The van der Waals surface area contributed by atoms with Crippen LogP contribution in [0.2, 0.25) is 0 Å². The van der Waals surface area contributed by atoms with Gasteiger partial charge < -0.3 is 10.5 Å². The lowest BCUT2D eigenvalue weighted by Crippen LogP contribution is -2.39. The molecule has 0 aliphatic heterocycles. The van der Waals surface area contributed by atoms with Crippen LogP contribution >= 0.6 is 23.5 Å². The Bertz CT molecular complexity index is 180. The topological polar surface area (TPSA) is 52.3 Å². The molecule has 0 fully saturated rings. The molecular formula is C9H19NO2S2. The van der Waals surface area contributed by atoms with Crippen molar-refractivity contribution in [1.29, 1.82) is 0 Å². The Morgan fingerprint density at radius 3 is 2.50 bits per heavy atom. The van der Waals surface area contributed by atoms with Gasteiger partial charge in [0.1, 0.15) is 11.6 Å². The molecule has 0 aliphatic rings. The maximum atomic E-state index is 11.4. The molecule has 0 spiro atoms. The van der Waals surface area contributed by atoms with Gasteiger partial charge in [0.15, 0.2) is 0 Å². The number of ether oxygens (including phenoxy) is 1. The second-order valence-corrected chi connectivity index (χ2v) is 6.18. The molecule has 5 heteroatoms. The van der Waals surface area contributed by atoms with E-state index in [1.165, 1.54) is 0 Å². The first-order chi connectivity index (χ1) is 6.37. The van der Waals surface area contributed by atoms with E-state index in [-0.39, 0.29) is 5.97 Å². The third kappa shape index (κ3) is 7.53. The largest absolute Gasteiger partial charge is 0.459 e. The van der Waals surface area contributed by atoms with E-state index in [0.29, 0.717) is 5.75 Å². The number of esters is 1. The molecule has 84 valence electrons. The van der Waals surface area contributed by atoms with Crippen molar-refractivity contribution in [2.24, 2.45) is 5.73 Å². The lowest BCUT2D eigenvalue weighted by molar-refractivity contribution is -0.155. The van der Waals surface area contributed by atoms with Crippen molar-refractivity contribution < 1.29 is 9.53 Å². The van der Waals surface area contributed by atoms with Gasteiger partial charge in [-0.05, 0) is 27.0 Å². The smallest absolute Gasteiger partial charge is 0.324 e. The van der Waals surface area contributed by atoms with Crippen molar-refractivity contribution in [3.63, 3.8) is 0 Å². The molecule has 0 radical (unpaired) electrons. The predicted molar refractivity (Wildman–Crippen MR) is 64.7 cm³/mol. The summed E-state index contributed by atoms with van der Waals surface area (Å²) in [6, 6.07) is -0.508. The lowest BCUT2D eigenvalue weighted by atomic mass is 10.2. The summed E-state index contributed by atoms with van der Waals surface area (Å²) in [6.07, 6.45) is 2.02. The first-order valence-electron chi connectivity index (χ1n) is 4.42. The van der Waals surface area contributed by atoms with E-state index in [4.69, 9.17) is 10.5 Å². The minimum Gasteiger partial charge on any atom is -0.459 e. The van der Waals surface area contributed by atoms with E-state index in [1.54, 1.807) is 23.5 Å². The number of rotatable bonds is 5. The highest BCUT2D eigenvalue weighted by Crippen LogP contribution is 2.12. The molecule has 0 amide bonds. The van der Waals surface area contributed by atoms with Gasteiger partial charge in [0.05, 0.1) is 0 Å². The van der Waals surface area contributed by atoms with Crippen LogP contribution in [0.25, 0.3) is 0 Å². The monoisotopic (exact) mass is 237 g/mol. The van der Waals surface area contributed by atoms with Crippen LogP contribution in [0.15, 0.2) is 0 Å². The lowest BCUT2D eigenvalue weighted by Gasteiger charge is -2.21. The molecule has 0 bridgehead atoms. The first kappa shape index (κ1) is 14.1. The molecule has 0 saturated carbocycles. The zero-order chi connectivity index (χ0) is 11.2. The molecule has 0 rings (SSSR count). The van der Waals surface area contributed by atoms with E-state index in [0.717, 1.165) is 5.08 Å². The highest BCUT2D eigenvalue weighted by molar-refractivity contribution is 8.15.